The molecule has 0 heterocycles. The number of hydrogen-bond acceptors (Lipinski definition) is 4. The molecule has 6 heteroatoms. The summed E-state index contributed by atoms with van der Waals surface area (Å²) >= 11 is 0. The van der Waals surface area contributed by atoms with Crippen LogP contribution in [-0.4, -0.2) is 38.6 Å². The molecule has 138 valence electrons. The van der Waals surface area contributed by atoms with Gasteiger partial charge in [-0.3, -0.25) is 9.59 Å². The lowest BCUT2D eigenvalue weighted by Crippen LogP contribution is -2.48. The number of benzene rings is 1. The number of hydrogen-bond donors (Lipinski definition) is 2. The van der Waals surface area contributed by atoms with Gasteiger partial charge in [0.1, 0.15) is 0 Å². The molecule has 0 unspecified atom stereocenters. The fraction of sp³-hybridized carbons (Fsp3) is 0.579. The molecule has 0 radical (unpaired) electrons. The summed E-state index contributed by atoms with van der Waals surface area (Å²) in [6.45, 7) is 2.51. The molecule has 1 aliphatic carbocycles. The quantitative estimate of drug-likeness (QED) is 0.772. The van der Waals surface area contributed by atoms with E-state index in [0.717, 1.165) is 24.8 Å². The summed E-state index contributed by atoms with van der Waals surface area (Å²) in [6, 6.07) is 5.72. The third-order valence-corrected chi connectivity index (χ3v) is 4.78. The third-order valence-electron chi connectivity index (χ3n) is 4.78. The number of ether oxygens (including phenoxy) is 2. The zero-order valence-electron chi connectivity index (χ0n) is 15.3. The first-order chi connectivity index (χ1) is 12.0. The highest BCUT2D eigenvalue weighted by molar-refractivity contribution is 6.35. The maximum Gasteiger partial charge on any atom is 0.309 e. The summed E-state index contributed by atoms with van der Waals surface area (Å²) < 4.78 is 10.5. The molecule has 1 aliphatic rings. The molecule has 0 aromatic heterocycles. The number of carbonyl (C=O) groups is 2. The zero-order valence-corrected chi connectivity index (χ0v) is 15.3. The first kappa shape index (κ1) is 19.1. The van der Waals surface area contributed by atoms with Crippen molar-refractivity contribution in [3.05, 3.63) is 23.8 Å². The Morgan fingerprint density at radius 2 is 1.80 bits per heavy atom. The molecule has 0 aliphatic heterocycles. The Morgan fingerprint density at radius 3 is 2.48 bits per heavy atom. The smallest absolute Gasteiger partial charge is 0.309 e. The Balaban J connectivity index is 1.78. The first-order valence-corrected chi connectivity index (χ1v) is 8.84. The van der Waals surface area contributed by atoms with Crippen LogP contribution in [0.4, 0.5) is 0 Å². The summed E-state index contributed by atoms with van der Waals surface area (Å²) in [4.78, 5) is 24.0. The Labute approximate surface area is 149 Å². The van der Waals surface area contributed by atoms with E-state index in [4.69, 9.17) is 9.47 Å². The standard InChI is InChI=1S/C19H28N2O4/c1-13-6-4-5-7-15(13)21-19(23)18(22)20-11-10-14-8-9-16(24-2)17(12-14)25-3/h8-9,12-13,15H,4-7,10-11H2,1-3H3,(H,20,22)(H,21,23)/t13-,15-/m1/s1. The fourth-order valence-electron chi connectivity index (χ4n) is 3.20. The van der Waals surface area contributed by atoms with Gasteiger partial charge in [-0.05, 0) is 42.9 Å². The Morgan fingerprint density at radius 1 is 1.08 bits per heavy atom. The van der Waals surface area contributed by atoms with Crippen molar-refractivity contribution in [2.24, 2.45) is 5.92 Å². The van der Waals surface area contributed by atoms with Crippen LogP contribution in [0, 0.1) is 5.92 Å². The van der Waals surface area contributed by atoms with E-state index in [1.807, 2.05) is 18.2 Å². The van der Waals surface area contributed by atoms with Gasteiger partial charge in [0.25, 0.3) is 0 Å². The minimum Gasteiger partial charge on any atom is -0.493 e. The molecule has 2 N–H and O–H groups in total. The van der Waals surface area contributed by atoms with E-state index in [9.17, 15) is 9.59 Å². The van der Waals surface area contributed by atoms with Crippen molar-refractivity contribution < 1.29 is 19.1 Å². The van der Waals surface area contributed by atoms with E-state index in [-0.39, 0.29) is 6.04 Å². The van der Waals surface area contributed by atoms with Gasteiger partial charge in [-0.1, -0.05) is 25.8 Å². The molecule has 1 aromatic carbocycles. The summed E-state index contributed by atoms with van der Waals surface area (Å²) in [7, 11) is 3.17. The van der Waals surface area contributed by atoms with Gasteiger partial charge >= 0.3 is 11.8 Å². The molecule has 1 aromatic rings. The second kappa shape index (κ2) is 9.30. The summed E-state index contributed by atoms with van der Waals surface area (Å²) in [6.07, 6.45) is 4.97. The Hall–Kier alpha value is -2.24. The highest BCUT2D eigenvalue weighted by atomic mass is 16.5. The number of carbonyl (C=O) groups excluding carboxylic acids is 2. The van der Waals surface area contributed by atoms with Gasteiger partial charge < -0.3 is 20.1 Å². The first-order valence-electron chi connectivity index (χ1n) is 8.84. The molecule has 1 saturated carbocycles. The van der Waals surface area contributed by atoms with E-state index in [1.165, 1.54) is 6.42 Å². The van der Waals surface area contributed by atoms with Crippen molar-refractivity contribution in [3.63, 3.8) is 0 Å². The minimum atomic E-state index is -0.571. The van der Waals surface area contributed by atoms with E-state index < -0.39 is 11.8 Å². The van der Waals surface area contributed by atoms with Crippen LogP contribution < -0.4 is 20.1 Å². The minimum absolute atomic E-state index is 0.109. The average Bonchev–Trinajstić information content (AvgIpc) is 2.63. The van der Waals surface area contributed by atoms with Crippen molar-refractivity contribution in [1.82, 2.24) is 10.6 Å². The van der Waals surface area contributed by atoms with Crippen LogP contribution in [0.25, 0.3) is 0 Å². The lowest BCUT2D eigenvalue weighted by atomic mass is 9.86. The van der Waals surface area contributed by atoms with Crippen molar-refractivity contribution >= 4 is 11.8 Å². The van der Waals surface area contributed by atoms with Crippen LogP contribution in [-0.2, 0) is 16.0 Å². The van der Waals surface area contributed by atoms with Crippen molar-refractivity contribution in [1.29, 1.82) is 0 Å². The maximum absolute atomic E-state index is 12.0. The lowest BCUT2D eigenvalue weighted by molar-refractivity contribution is -0.139. The van der Waals surface area contributed by atoms with Gasteiger partial charge in [0, 0.05) is 12.6 Å². The molecule has 0 bridgehead atoms. The van der Waals surface area contributed by atoms with E-state index in [0.29, 0.717) is 30.4 Å². The van der Waals surface area contributed by atoms with Crippen LogP contribution in [0.3, 0.4) is 0 Å². The molecule has 2 atom stereocenters. The molecule has 2 rings (SSSR count). The zero-order chi connectivity index (χ0) is 18.2. The number of methoxy groups -OCH3 is 2. The average molecular weight is 348 g/mol. The highest BCUT2D eigenvalue weighted by Gasteiger charge is 2.25. The van der Waals surface area contributed by atoms with Gasteiger partial charge in [-0.15, -0.1) is 0 Å². The van der Waals surface area contributed by atoms with Crippen LogP contribution in [0.1, 0.15) is 38.2 Å². The molecular formula is C19H28N2O4. The third kappa shape index (κ3) is 5.37. The van der Waals surface area contributed by atoms with Crippen molar-refractivity contribution in [2.75, 3.05) is 20.8 Å². The molecule has 6 nitrogen and oxygen atoms in total. The SMILES string of the molecule is COc1ccc(CCNC(=O)C(=O)N[C@@H]2CCCC[C@H]2C)cc1OC. The monoisotopic (exact) mass is 348 g/mol. The van der Waals surface area contributed by atoms with E-state index in [1.54, 1.807) is 14.2 Å². The van der Waals surface area contributed by atoms with Crippen LogP contribution in [0.2, 0.25) is 0 Å². The van der Waals surface area contributed by atoms with Crippen molar-refractivity contribution in [3.8, 4) is 11.5 Å². The van der Waals surface area contributed by atoms with Gasteiger partial charge in [-0.25, -0.2) is 0 Å². The molecular weight excluding hydrogens is 320 g/mol. The van der Waals surface area contributed by atoms with Crippen LogP contribution in [0.15, 0.2) is 18.2 Å². The highest BCUT2D eigenvalue weighted by Crippen LogP contribution is 2.27. The second-order valence-corrected chi connectivity index (χ2v) is 6.54. The van der Waals surface area contributed by atoms with Gasteiger partial charge in [0.2, 0.25) is 0 Å². The fourth-order valence-corrected chi connectivity index (χ4v) is 3.20. The summed E-state index contributed by atoms with van der Waals surface area (Å²) in [5, 5.41) is 5.54. The second-order valence-electron chi connectivity index (χ2n) is 6.54. The van der Waals surface area contributed by atoms with Gasteiger partial charge in [0.15, 0.2) is 11.5 Å². The summed E-state index contributed by atoms with van der Waals surface area (Å²) in [5.74, 6) is 0.633. The van der Waals surface area contributed by atoms with Crippen molar-refractivity contribution in [2.45, 2.75) is 45.1 Å². The molecule has 0 saturated heterocycles. The molecule has 1 fully saturated rings. The Bertz CT molecular complexity index is 603. The maximum atomic E-state index is 12.0. The van der Waals surface area contributed by atoms with Gasteiger partial charge in [0.05, 0.1) is 14.2 Å². The topological polar surface area (TPSA) is 76.7 Å². The predicted molar refractivity (Wildman–Crippen MR) is 95.8 cm³/mol. The molecule has 2 amide bonds. The largest absolute Gasteiger partial charge is 0.493 e. The van der Waals surface area contributed by atoms with Crippen LogP contribution in [0.5, 0.6) is 11.5 Å². The predicted octanol–water partition coefficient (Wildman–Crippen LogP) is 2.06. The van der Waals surface area contributed by atoms with E-state index in [2.05, 4.69) is 17.6 Å². The van der Waals surface area contributed by atoms with E-state index >= 15 is 0 Å². The van der Waals surface area contributed by atoms with Gasteiger partial charge in [-0.2, -0.15) is 0 Å². The molecule has 0 spiro atoms. The number of rotatable bonds is 6. The number of nitrogens with one attached hydrogen (secondary N) is 2. The Kier molecular flexibility index (Phi) is 7.10. The lowest BCUT2D eigenvalue weighted by Gasteiger charge is -2.29. The normalized spacial score (nSPS) is 19.8. The summed E-state index contributed by atoms with van der Waals surface area (Å²) in [5.41, 5.74) is 0.999. The number of amides is 2. The molecule has 25 heavy (non-hydrogen) atoms. The van der Waals surface area contributed by atoms with Crippen LogP contribution >= 0.6 is 0 Å².